The van der Waals surface area contributed by atoms with E-state index in [0.29, 0.717) is 23.2 Å². The second-order valence-electron chi connectivity index (χ2n) is 6.52. The highest BCUT2D eigenvalue weighted by Gasteiger charge is 2.45. The maximum Gasteiger partial charge on any atom is 0.126 e. The summed E-state index contributed by atoms with van der Waals surface area (Å²) in [5, 5.41) is 15.9. The van der Waals surface area contributed by atoms with Crippen LogP contribution in [-0.2, 0) is 4.74 Å². The number of halogens is 1. The zero-order chi connectivity index (χ0) is 15.6. The van der Waals surface area contributed by atoms with Crippen molar-refractivity contribution in [1.82, 2.24) is 9.78 Å². The van der Waals surface area contributed by atoms with Crippen molar-refractivity contribution in [3.8, 4) is 0 Å². The average Bonchev–Trinajstić information content (AvgIpc) is 2.80. The fraction of sp³-hybridized carbons (Fsp3) is 0.812. The molecule has 1 aromatic rings. The maximum atomic E-state index is 11.1. The summed E-state index contributed by atoms with van der Waals surface area (Å²) in [4.78, 5) is 0. The summed E-state index contributed by atoms with van der Waals surface area (Å²) in [6.45, 7) is 8.88. The van der Waals surface area contributed by atoms with E-state index in [-0.39, 0.29) is 6.04 Å². The highest BCUT2D eigenvalue weighted by molar-refractivity contribution is 6.31. The van der Waals surface area contributed by atoms with Gasteiger partial charge in [-0.1, -0.05) is 31.4 Å². The molecule has 1 aromatic heterocycles. The number of aliphatic hydroxyl groups excluding tert-OH is 1. The summed E-state index contributed by atoms with van der Waals surface area (Å²) in [5.74, 6) is 0.550. The Kier molecular flexibility index (Phi) is 5.33. The van der Waals surface area contributed by atoms with Gasteiger partial charge in [-0.2, -0.15) is 5.10 Å². The molecule has 1 saturated carbocycles. The van der Waals surface area contributed by atoms with Gasteiger partial charge in [-0.3, -0.25) is 4.68 Å². The van der Waals surface area contributed by atoms with Crippen LogP contribution in [0.1, 0.15) is 71.2 Å². The lowest BCUT2D eigenvalue weighted by Gasteiger charge is -2.43. The van der Waals surface area contributed by atoms with E-state index in [0.717, 1.165) is 19.3 Å². The van der Waals surface area contributed by atoms with Crippen molar-refractivity contribution in [3.63, 3.8) is 0 Å². The molecule has 3 atom stereocenters. The second kappa shape index (κ2) is 6.67. The summed E-state index contributed by atoms with van der Waals surface area (Å²) in [7, 11) is 0. The minimum absolute atomic E-state index is 0.154. The Morgan fingerprint density at radius 3 is 2.86 bits per heavy atom. The van der Waals surface area contributed by atoms with Crippen LogP contribution in [0, 0.1) is 5.92 Å². The summed E-state index contributed by atoms with van der Waals surface area (Å²) in [6, 6.07) is 0.154. The number of aromatic nitrogens is 2. The molecule has 1 aliphatic carbocycles. The number of aliphatic hydroxyl groups is 1. The zero-order valence-electron chi connectivity index (χ0n) is 13.5. The average molecular weight is 315 g/mol. The third kappa shape index (κ3) is 3.27. The Bertz CT molecular complexity index is 471. The monoisotopic (exact) mass is 314 g/mol. The Hall–Kier alpha value is -0.580. The van der Waals surface area contributed by atoms with Crippen LogP contribution in [0.15, 0.2) is 6.20 Å². The minimum atomic E-state index is -0.738. The predicted molar refractivity (Wildman–Crippen MR) is 84.6 cm³/mol. The molecule has 4 nitrogen and oxygen atoms in total. The van der Waals surface area contributed by atoms with Gasteiger partial charge in [0.1, 0.15) is 6.10 Å². The SMILES string of the molecule is CCOC1(C(O)c2c(Cl)cnn2C(C)C)CCCC(C)C1. The van der Waals surface area contributed by atoms with E-state index in [1.165, 1.54) is 6.42 Å². The van der Waals surface area contributed by atoms with Gasteiger partial charge < -0.3 is 9.84 Å². The molecule has 2 rings (SSSR count). The lowest BCUT2D eigenvalue weighted by molar-refractivity contribution is -0.152. The first-order chi connectivity index (χ1) is 9.91. The molecule has 0 aliphatic heterocycles. The van der Waals surface area contributed by atoms with E-state index in [9.17, 15) is 5.11 Å². The van der Waals surface area contributed by atoms with Crippen molar-refractivity contribution >= 4 is 11.6 Å². The van der Waals surface area contributed by atoms with Crippen LogP contribution in [0.25, 0.3) is 0 Å². The molecule has 1 heterocycles. The molecule has 120 valence electrons. The Morgan fingerprint density at radius 2 is 2.29 bits per heavy atom. The predicted octanol–water partition coefficient (Wildman–Crippen LogP) is 4.14. The fourth-order valence-corrected chi connectivity index (χ4v) is 3.79. The summed E-state index contributed by atoms with van der Waals surface area (Å²) in [5.41, 5.74) is 0.150. The van der Waals surface area contributed by atoms with Gasteiger partial charge in [-0.05, 0) is 39.5 Å². The normalized spacial score (nSPS) is 28.0. The number of hydrogen-bond acceptors (Lipinski definition) is 3. The first-order valence-corrected chi connectivity index (χ1v) is 8.34. The van der Waals surface area contributed by atoms with Gasteiger partial charge in [0.2, 0.25) is 0 Å². The van der Waals surface area contributed by atoms with E-state index in [1.807, 2.05) is 25.5 Å². The number of hydrogen-bond donors (Lipinski definition) is 1. The quantitative estimate of drug-likeness (QED) is 0.888. The van der Waals surface area contributed by atoms with Gasteiger partial charge in [0.15, 0.2) is 0 Å². The zero-order valence-corrected chi connectivity index (χ0v) is 14.2. The highest BCUT2D eigenvalue weighted by Crippen LogP contribution is 2.45. The van der Waals surface area contributed by atoms with Crippen LogP contribution in [0.2, 0.25) is 5.02 Å². The molecule has 5 heteroatoms. The molecule has 0 radical (unpaired) electrons. The van der Waals surface area contributed by atoms with Crippen molar-refractivity contribution in [3.05, 3.63) is 16.9 Å². The van der Waals surface area contributed by atoms with Crippen LogP contribution >= 0.6 is 11.6 Å². The molecule has 1 N–H and O–H groups in total. The number of rotatable bonds is 5. The first kappa shape index (κ1) is 16.8. The second-order valence-corrected chi connectivity index (χ2v) is 6.93. The molecule has 0 amide bonds. The Labute approximate surface area is 132 Å². The van der Waals surface area contributed by atoms with E-state index >= 15 is 0 Å². The fourth-order valence-electron chi connectivity index (χ4n) is 3.56. The van der Waals surface area contributed by atoms with Gasteiger partial charge >= 0.3 is 0 Å². The molecule has 3 unspecified atom stereocenters. The molecule has 0 aromatic carbocycles. The Balaban J connectivity index is 2.39. The Morgan fingerprint density at radius 1 is 1.57 bits per heavy atom. The van der Waals surface area contributed by atoms with Gasteiger partial charge in [0.25, 0.3) is 0 Å². The maximum absolute atomic E-state index is 11.1. The molecule has 0 spiro atoms. The third-order valence-corrected chi connectivity index (χ3v) is 4.75. The van der Waals surface area contributed by atoms with E-state index in [4.69, 9.17) is 16.3 Å². The van der Waals surface area contributed by atoms with E-state index in [1.54, 1.807) is 6.20 Å². The molecule has 1 fully saturated rings. The highest BCUT2D eigenvalue weighted by atomic mass is 35.5. The van der Waals surface area contributed by atoms with Crippen molar-refractivity contribution in [2.24, 2.45) is 5.92 Å². The van der Waals surface area contributed by atoms with Gasteiger partial charge in [-0.15, -0.1) is 0 Å². The van der Waals surface area contributed by atoms with Crippen molar-refractivity contribution in [2.75, 3.05) is 6.61 Å². The molecular formula is C16H27ClN2O2. The van der Waals surface area contributed by atoms with Crippen LogP contribution in [0.5, 0.6) is 0 Å². The lowest BCUT2D eigenvalue weighted by Crippen LogP contribution is -2.44. The molecule has 21 heavy (non-hydrogen) atoms. The molecule has 0 saturated heterocycles. The molecule has 1 aliphatic rings. The third-order valence-electron chi connectivity index (χ3n) is 4.46. The van der Waals surface area contributed by atoms with Crippen molar-refractivity contribution in [2.45, 2.75) is 71.1 Å². The van der Waals surface area contributed by atoms with Gasteiger partial charge in [0, 0.05) is 12.6 Å². The summed E-state index contributed by atoms with van der Waals surface area (Å²) < 4.78 is 7.88. The lowest BCUT2D eigenvalue weighted by atomic mass is 9.74. The van der Waals surface area contributed by atoms with Crippen LogP contribution in [-0.4, -0.2) is 27.1 Å². The van der Waals surface area contributed by atoms with Crippen LogP contribution < -0.4 is 0 Å². The molecular weight excluding hydrogens is 288 g/mol. The molecule has 0 bridgehead atoms. The minimum Gasteiger partial charge on any atom is -0.384 e. The number of nitrogens with zero attached hydrogens (tertiary/aromatic N) is 2. The van der Waals surface area contributed by atoms with Gasteiger partial charge in [-0.25, -0.2) is 0 Å². The topological polar surface area (TPSA) is 47.3 Å². The van der Waals surface area contributed by atoms with Crippen LogP contribution in [0.3, 0.4) is 0 Å². The number of ether oxygens (including phenoxy) is 1. The van der Waals surface area contributed by atoms with Crippen molar-refractivity contribution < 1.29 is 9.84 Å². The standard InChI is InChI=1S/C16H27ClN2O2/c1-5-21-16(8-6-7-12(4)9-16)15(20)14-13(17)10-18-19(14)11(2)3/h10-12,15,20H,5-9H2,1-4H3. The smallest absolute Gasteiger partial charge is 0.126 e. The summed E-state index contributed by atoms with van der Waals surface area (Å²) in [6.07, 6.45) is 4.88. The first-order valence-electron chi connectivity index (χ1n) is 7.96. The largest absolute Gasteiger partial charge is 0.384 e. The van der Waals surface area contributed by atoms with Gasteiger partial charge in [0.05, 0.1) is 22.5 Å². The van der Waals surface area contributed by atoms with E-state index in [2.05, 4.69) is 12.0 Å². The summed E-state index contributed by atoms with van der Waals surface area (Å²) >= 11 is 6.30. The van der Waals surface area contributed by atoms with Crippen molar-refractivity contribution in [1.29, 1.82) is 0 Å². The van der Waals surface area contributed by atoms with Crippen LogP contribution in [0.4, 0.5) is 0 Å². The van der Waals surface area contributed by atoms with E-state index < -0.39 is 11.7 Å².